The molecule has 1 rings (SSSR count). The fraction of sp³-hybridized carbons (Fsp3) is 0.467. The Kier molecular flexibility index (Phi) is 7.07. The molecule has 88 valence electrons. The molecule has 0 amide bonds. The minimum atomic E-state index is 1.14. The van der Waals surface area contributed by atoms with Crippen molar-refractivity contribution in [1.29, 1.82) is 0 Å². The van der Waals surface area contributed by atoms with Gasteiger partial charge < -0.3 is 0 Å². The van der Waals surface area contributed by atoms with E-state index in [9.17, 15) is 0 Å². The Hall–Kier alpha value is -0.690. The lowest BCUT2D eigenvalue weighted by Crippen LogP contribution is -1.81. The summed E-state index contributed by atoms with van der Waals surface area (Å²) in [7, 11) is 0. The highest BCUT2D eigenvalue weighted by molar-refractivity contribution is 8.03. The van der Waals surface area contributed by atoms with E-state index in [0.29, 0.717) is 0 Å². The predicted molar refractivity (Wildman–Crippen MR) is 74.8 cm³/mol. The first-order valence-electron chi connectivity index (χ1n) is 6.28. The van der Waals surface area contributed by atoms with Crippen LogP contribution in [0, 0.1) is 0 Å². The van der Waals surface area contributed by atoms with E-state index in [-0.39, 0.29) is 0 Å². The van der Waals surface area contributed by atoms with Gasteiger partial charge in [-0.1, -0.05) is 62.7 Å². The van der Waals surface area contributed by atoms with Gasteiger partial charge in [-0.05, 0) is 36.3 Å². The zero-order valence-electron chi connectivity index (χ0n) is 10.4. The summed E-state index contributed by atoms with van der Waals surface area (Å²) in [6, 6.07) is 10.7. The molecule has 0 heterocycles. The lowest BCUT2D eigenvalue weighted by atomic mass is 10.2. The first-order valence-corrected chi connectivity index (χ1v) is 7.10. The van der Waals surface area contributed by atoms with Crippen molar-refractivity contribution in [3.8, 4) is 0 Å². The molecule has 0 bridgehead atoms. The summed E-state index contributed by atoms with van der Waals surface area (Å²) >= 11 is 1.92. The number of allylic oxidation sites excluding steroid dienone is 2. The third-order valence-corrected chi connectivity index (χ3v) is 3.59. The van der Waals surface area contributed by atoms with Gasteiger partial charge in [-0.25, -0.2) is 0 Å². The zero-order valence-corrected chi connectivity index (χ0v) is 11.2. The Balaban J connectivity index is 2.48. The van der Waals surface area contributed by atoms with Crippen LogP contribution in [-0.2, 0) is 0 Å². The van der Waals surface area contributed by atoms with Crippen LogP contribution in [0.3, 0.4) is 0 Å². The average Bonchev–Trinajstić information content (AvgIpc) is 2.31. The molecule has 0 spiro atoms. The Bertz CT molecular complexity index is 300. The van der Waals surface area contributed by atoms with Gasteiger partial charge in [0.05, 0.1) is 0 Å². The van der Waals surface area contributed by atoms with Crippen LogP contribution in [0.25, 0.3) is 0 Å². The lowest BCUT2D eigenvalue weighted by molar-refractivity contribution is 0.724. The SMILES string of the molecule is CC/C=C(\CCCCC)Sc1ccccc1. The molecule has 1 aromatic rings. The van der Waals surface area contributed by atoms with E-state index < -0.39 is 0 Å². The van der Waals surface area contributed by atoms with E-state index >= 15 is 0 Å². The fourth-order valence-electron chi connectivity index (χ4n) is 1.61. The smallest absolute Gasteiger partial charge is 0.0118 e. The van der Waals surface area contributed by atoms with Crippen molar-refractivity contribution < 1.29 is 0 Å². The largest absolute Gasteiger partial charge is 0.0949 e. The zero-order chi connectivity index (χ0) is 11.6. The van der Waals surface area contributed by atoms with Crippen molar-refractivity contribution in [2.45, 2.75) is 50.8 Å². The highest BCUT2D eigenvalue weighted by atomic mass is 32.2. The molecular weight excluding hydrogens is 212 g/mol. The van der Waals surface area contributed by atoms with E-state index in [1.807, 2.05) is 11.8 Å². The monoisotopic (exact) mass is 234 g/mol. The molecule has 0 saturated carbocycles. The standard InChI is InChI=1S/C15H22S/c1-3-5-7-11-14(10-4-2)16-15-12-8-6-9-13-15/h6,8-10,12-13H,3-5,7,11H2,1-2H3/b14-10+. The van der Waals surface area contributed by atoms with Gasteiger partial charge >= 0.3 is 0 Å². The Labute approximate surface area is 104 Å². The van der Waals surface area contributed by atoms with Crippen LogP contribution < -0.4 is 0 Å². The average molecular weight is 234 g/mol. The first-order chi connectivity index (χ1) is 7.86. The number of thioether (sulfide) groups is 1. The van der Waals surface area contributed by atoms with Gasteiger partial charge in [0.1, 0.15) is 0 Å². The second-order valence-electron chi connectivity index (χ2n) is 3.95. The van der Waals surface area contributed by atoms with Crippen LogP contribution >= 0.6 is 11.8 Å². The summed E-state index contributed by atoms with van der Waals surface area (Å²) in [6.45, 7) is 4.47. The molecule has 0 aliphatic carbocycles. The molecule has 0 nitrogen and oxygen atoms in total. The summed E-state index contributed by atoms with van der Waals surface area (Å²) in [5, 5.41) is 0. The van der Waals surface area contributed by atoms with Gasteiger partial charge in [-0.2, -0.15) is 0 Å². The highest BCUT2D eigenvalue weighted by Gasteiger charge is 1.99. The summed E-state index contributed by atoms with van der Waals surface area (Å²) in [5.41, 5.74) is 0. The molecule has 0 N–H and O–H groups in total. The first kappa shape index (κ1) is 13.4. The maximum atomic E-state index is 2.37. The molecule has 1 heteroatoms. The van der Waals surface area contributed by atoms with Gasteiger partial charge in [0.2, 0.25) is 0 Å². The van der Waals surface area contributed by atoms with Crippen molar-refractivity contribution in [3.63, 3.8) is 0 Å². The van der Waals surface area contributed by atoms with Crippen LogP contribution in [0.1, 0.15) is 46.0 Å². The summed E-state index contributed by atoms with van der Waals surface area (Å²) < 4.78 is 0. The number of hydrogen-bond acceptors (Lipinski definition) is 1. The maximum absolute atomic E-state index is 2.37. The maximum Gasteiger partial charge on any atom is 0.0118 e. The van der Waals surface area contributed by atoms with E-state index in [0.717, 1.165) is 6.42 Å². The van der Waals surface area contributed by atoms with E-state index in [4.69, 9.17) is 0 Å². The van der Waals surface area contributed by atoms with Crippen LogP contribution in [0.15, 0.2) is 46.2 Å². The molecule has 0 fully saturated rings. The lowest BCUT2D eigenvalue weighted by Gasteiger charge is -2.06. The molecule has 0 aliphatic rings. The Morgan fingerprint density at radius 2 is 1.88 bits per heavy atom. The van der Waals surface area contributed by atoms with Crippen molar-refractivity contribution >= 4 is 11.8 Å². The van der Waals surface area contributed by atoms with Gasteiger partial charge in [-0.15, -0.1) is 0 Å². The van der Waals surface area contributed by atoms with Crippen molar-refractivity contribution in [2.75, 3.05) is 0 Å². The summed E-state index contributed by atoms with van der Waals surface area (Å²) in [5.74, 6) is 0. The second-order valence-corrected chi connectivity index (χ2v) is 5.15. The van der Waals surface area contributed by atoms with Crippen molar-refractivity contribution in [2.24, 2.45) is 0 Å². The molecule has 16 heavy (non-hydrogen) atoms. The van der Waals surface area contributed by atoms with Crippen LogP contribution in [0.2, 0.25) is 0 Å². The third-order valence-electron chi connectivity index (χ3n) is 2.45. The molecule has 0 aromatic heterocycles. The molecule has 0 atom stereocenters. The van der Waals surface area contributed by atoms with Crippen LogP contribution in [0.5, 0.6) is 0 Å². The number of unbranched alkanes of at least 4 members (excludes halogenated alkanes) is 2. The van der Waals surface area contributed by atoms with E-state index in [1.165, 1.54) is 35.5 Å². The topological polar surface area (TPSA) is 0 Å². The molecule has 0 saturated heterocycles. The number of benzene rings is 1. The van der Waals surface area contributed by atoms with Crippen molar-refractivity contribution in [1.82, 2.24) is 0 Å². The van der Waals surface area contributed by atoms with E-state index in [1.54, 1.807) is 0 Å². The highest BCUT2D eigenvalue weighted by Crippen LogP contribution is 2.30. The predicted octanol–water partition coefficient (Wildman–Crippen LogP) is 5.65. The molecular formula is C15H22S. The Morgan fingerprint density at radius 3 is 2.50 bits per heavy atom. The van der Waals surface area contributed by atoms with Gasteiger partial charge in [-0.3, -0.25) is 0 Å². The normalized spacial score (nSPS) is 11.8. The minimum Gasteiger partial charge on any atom is -0.0949 e. The quantitative estimate of drug-likeness (QED) is 0.434. The summed E-state index contributed by atoms with van der Waals surface area (Å²) in [4.78, 5) is 2.89. The van der Waals surface area contributed by atoms with Crippen LogP contribution in [0.4, 0.5) is 0 Å². The second kappa shape index (κ2) is 8.46. The van der Waals surface area contributed by atoms with Gasteiger partial charge in [0, 0.05) is 4.90 Å². The fourth-order valence-corrected chi connectivity index (χ4v) is 2.70. The summed E-state index contributed by atoms with van der Waals surface area (Å²) in [6.07, 6.45) is 8.71. The van der Waals surface area contributed by atoms with Gasteiger partial charge in [0.25, 0.3) is 0 Å². The third kappa shape index (κ3) is 5.41. The number of rotatable bonds is 7. The molecule has 0 aliphatic heterocycles. The van der Waals surface area contributed by atoms with Gasteiger partial charge in [0.15, 0.2) is 0 Å². The van der Waals surface area contributed by atoms with Crippen LogP contribution in [-0.4, -0.2) is 0 Å². The molecule has 0 unspecified atom stereocenters. The number of hydrogen-bond donors (Lipinski definition) is 0. The Morgan fingerprint density at radius 1 is 1.12 bits per heavy atom. The van der Waals surface area contributed by atoms with E-state index in [2.05, 4.69) is 50.3 Å². The molecule has 0 radical (unpaired) electrons. The molecule has 1 aromatic carbocycles. The van der Waals surface area contributed by atoms with Crippen molar-refractivity contribution in [3.05, 3.63) is 41.3 Å². The minimum absolute atomic E-state index is 1.14.